The predicted octanol–water partition coefficient (Wildman–Crippen LogP) is 5.28. The first-order valence-electron chi connectivity index (χ1n) is 11.1. The van der Waals surface area contributed by atoms with Crippen molar-refractivity contribution in [3.05, 3.63) is 64.0 Å². The summed E-state index contributed by atoms with van der Waals surface area (Å²) in [7, 11) is 3.82. The highest BCUT2D eigenvalue weighted by molar-refractivity contribution is 6.33. The molecule has 1 fully saturated rings. The molecule has 1 saturated heterocycles. The fraction of sp³-hybridized carbons (Fsp3) is 0.292. The van der Waals surface area contributed by atoms with Crippen LogP contribution in [0.2, 0.25) is 10.0 Å². The smallest absolute Gasteiger partial charge is 0.254 e. The number of nitrogens with one attached hydrogen (secondary N) is 4. The number of piperidine rings is 1. The Hall–Kier alpha value is -3.14. The number of hydrogen-bond acceptors (Lipinski definition) is 7. The van der Waals surface area contributed by atoms with Gasteiger partial charge in [0, 0.05) is 24.5 Å². The molecule has 0 radical (unpaired) electrons. The van der Waals surface area contributed by atoms with E-state index in [2.05, 4.69) is 36.1 Å². The van der Waals surface area contributed by atoms with Crippen LogP contribution in [0.3, 0.4) is 0 Å². The van der Waals surface area contributed by atoms with Gasteiger partial charge in [0.1, 0.15) is 10.8 Å². The van der Waals surface area contributed by atoms with E-state index < -0.39 is 11.7 Å². The second kappa shape index (κ2) is 11.1. The SMILES string of the molecule is CNc1cc(Nc2nc(Nc3ccc(C(=O)NC4CCN(C)CC4)c(F)c3)ncc2Cl)ccc1Cl. The lowest BCUT2D eigenvalue weighted by Gasteiger charge is -2.29. The Bertz CT molecular complexity index is 1220. The molecule has 0 aliphatic carbocycles. The van der Waals surface area contributed by atoms with Gasteiger partial charge in [-0.3, -0.25) is 4.79 Å². The van der Waals surface area contributed by atoms with Crippen LogP contribution in [-0.4, -0.2) is 54.0 Å². The van der Waals surface area contributed by atoms with Crippen molar-refractivity contribution < 1.29 is 9.18 Å². The number of nitrogens with zero attached hydrogens (tertiary/aromatic N) is 3. The molecule has 0 spiro atoms. The van der Waals surface area contributed by atoms with Gasteiger partial charge in [0.2, 0.25) is 5.95 Å². The lowest BCUT2D eigenvalue weighted by molar-refractivity contribution is 0.0913. The Morgan fingerprint density at radius 3 is 2.49 bits per heavy atom. The molecule has 4 rings (SSSR count). The molecule has 0 atom stereocenters. The lowest BCUT2D eigenvalue weighted by Crippen LogP contribution is -2.43. The van der Waals surface area contributed by atoms with Gasteiger partial charge < -0.3 is 26.2 Å². The topological polar surface area (TPSA) is 94.2 Å². The Balaban J connectivity index is 1.44. The summed E-state index contributed by atoms with van der Waals surface area (Å²) < 4.78 is 14.8. The first-order chi connectivity index (χ1) is 16.8. The molecule has 0 saturated carbocycles. The van der Waals surface area contributed by atoms with Crippen molar-refractivity contribution in [2.75, 3.05) is 43.1 Å². The van der Waals surface area contributed by atoms with Crippen LogP contribution in [0.15, 0.2) is 42.6 Å². The van der Waals surface area contributed by atoms with E-state index in [1.165, 1.54) is 18.3 Å². The van der Waals surface area contributed by atoms with Crippen molar-refractivity contribution in [3.8, 4) is 0 Å². The number of aromatic nitrogens is 2. The van der Waals surface area contributed by atoms with Crippen LogP contribution in [0.5, 0.6) is 0 Å². The zero-order valence-corrected chi connectivity index (χ0v) is 20.8. The van der Waals surface area contributed by atoms with Crippen molar-refractivity contribution in [2.45, 2.75) is 18.9 Å². The number of carbonyl (C=O) groups is 1. The van der Waals surface area contributed by atoms with Crippen molar-refractivity contribution in [1.29, 1.82) is 0 Å². The molecule has 11 heteroatoms. The van der Waals surface area contributed by atoms with E-state index in [4.69, 9.17) is 23.2 Å². The monoisotopic (exact) mass is 517 g/mol. The summed E-state index contributed by atoms with van der Waals surface area (Å²) in [5.74, 6) is -0.471. The quantitative estimate of drug-likeness (QED) is 0.338. The molecule has 1 amide bonds. The maximum atomic E-state index is 14.8. The highest BCUT2D eigenvalue weighted by Crippen LogP contribution is 2.29. The highest BCUT2D eigenvalue weighted by Gasteiger charge is 2.21. The van der Waals surface area contributed by atoms with E-state index in [0.717, 1.165) is 37.3 Å². The highest BCUT2D eigenvalue weighted by atomic mass is 35.5. The predicted molar refractivity (Wildman–Crippen MR) is 139 cm³/mol. The molecule has 1 aromatic heterocycles. The number of rotatable bonds is 7. The summed E-state index contributed by atoms with van der Waals surface area (Å²) in [6.07, 6.45) is 3.13. The minimum Gasteiger partial charge on any atom is -0.387 e. The van der Waals surface area contributed by atoms with Crippen LogP contribution in [0.4, 0.5) is 33.2 Å². The summed E-state index contributed by atoms with van der Waals surface area (Å²) in [5, 5.41) is 12.9. The van der Waals surface area contributed by atoms with Gasteiger partial charge >= 0.3 is 0 Å². The first-order valence-corrected chi connectivity index (χ1v) is 11.9. The van der Waals surface area contributed by atoms with E-state index in [1.54, 1.807) is 25.2 Å². The Kier molecular flexibility index (Phi) is 7.90. The van der Waals surface area contributed by atoms with Crippen LogP contribution < -0.4 is 21.3 Å². The number of hydrogen-bond donors (Lipinski definition) is 4. The van der Waals surface area contributed by atoms with Crippen molar-refractivity contribution in [2.24, 2.45) is 0 Å². The number of carbonyl (C=O) groups excluding carboxylic acids is 1. The first kappa shape index (κ1) is 25.0. The molecule has 2 heterocycles. The number of likely N-dealkylation sites (tertiary alicyclic amines) is 1. The van der Waals surface area contributed by atoms with E-state index in [9.17, 15) is 9.18 Å². The van der Waals surface area contributed by atoms with Gasteiger partial charge in [0.05, 0.1) is 22.5 Å². The van der Waals surface area contributed by atoms with E-state index in [-0.39, 0.29) is 17.6 Å². The average Bonchev–Trinajstić information content (AvgIpc) is 2.84. The summed E-state index contributed by atoms with van der Waals surface area (Å²) in [4.78, 5) is 23.3. The number of anilines is 5. The molecular weight excluding hydrogens is 492 g/mol. The molecular formula is C24H26Cl2FN7O. The lowest BCUT2D eigenvalue weighted by atomic mass is 10.0. The molecule has 0 unspecified atom stereocenters. The second-order valence-electron chi connectivity index (χ2n) is 8.33. The third-order valence-corrected chi connectivity index (χ3v) is 6.37. The fourth-order valence-corrected chi connectivity index (χ4v) is 4.12. The molecule has 8 nitrogen and oxygen atoms in total. The van der Waals surface area contributed by atoms with E-state index in [0.29, 0.717) is 21.6 Å². The minimum atomic E-state index is -0.631. The van der Waals surface area contributed by atoms with Crippen LogP contribution in [0, 0.1) is 5.82 Å². The third-order valence-electron chi connectivity index (χ3n) is 5.77. The zero-order chi connectivity index (χ0) is 24.9. The van der Waals surface area contributed by atoms with E-state index >= 15 is 0 Å². The molecule has 0 bridgehead atoms. The molecule has 1 aliphatic heterocycles. The van der Waals surface area contributed by atoms with Crippen LogP contribution in [0.1, 0.15) is 23.2 Å². The Labute approximate surface area is 213 Å². The Morgan fingerprint density at radius 2 is 1.77 bits per heavy atom. The van der Waals surface area contributed by atoms with Gasteiger partial charge in [0.25, 0.3) is 5.91 Å². The number of halogens is 3. The van der Waals surface area contributed by atoms with Gasteiger partial charge in [-0.05, 0) is 69.4 Å². The summed E-state index contributed by atoms with van der Waals surface area (Å²) in [5.41, 5.74) is 1.86. The number of amides is 1. The molecule has 184 valence electrons. The maximum Gasteiger partial charge on any atom is 0.254 e. The standard InChI is InChI=1S/C24H26Cl2FN7O/c1-28-21-12-16(4-6-18(21)25)30-22-19(26)13-29-24(33-22)32-15-3-5-17(20(27)11-15)23(35)31-14-7-9-34(2)10-8-14/h3-6,11-14,28H,7-10H2,1-2H3,(H,31,35)(H2,29,30,32,33). The minimum absolute atomic E-state index is 0.00284. The molecule has 3 aromatic rings. The van der Waals surface area contributed by atoms with Gasteiger partial charge in [-0.25, -0.2) is 9.37 Å². The summed E-state index contributed by atoms with van der Waals surface area (Å²) in [6.45, 7) is 1.81. The van der Waals surface area contributed by atoms with Crippen molar-refractivity contribution in [1.82, 2.24) is 20.2 Å². The van der Waals surface area contributed by atoms with Crippen molar-refractivity contribution in [3.63, 3.8) is 0 Å². The molecule has 2 aromatic carbocycles. The van der Waals surface area contributed by atoms with E-state index in [1.807, 2.05) is 13.1 Å². The summed E-state index contributed by atoms with van der Waals surface area (Å²) >= 11 is 12.4. The maximum absolute atomic E-state index is 14.8. The fourth-order valence-electron chi connectivity index (χ4n) is 3.77. The number of benzene rings is 2. The van der Waals surface area contributed by atoms with Gasteiger partial charge in [-0.15, -0.1) is 0 Å². The van der Waals surface area contributed by atoms with Crippen LogP contribution >= 0.6 is 23.2 Å². The average molecular weight is 518 g/mol. The zero-order valence-electron chi connectivity index (χ0n) is 19.3. The van der Waals surface area contributed by atoms with Gasteiger partial charge in [-0.2, -0.15) is 4.98 Å². The molecule has 1 aliphatic rings. The normalized spacial score (nSPS) is 14.4. The third kappa shape index (κ3) is 6.30. The second-order valence-corrected chi connectivity index (χ2v) is 9.14. The molecule has 4 N–H and O–H groups in total. The Morgan fingerprint density at radius 1 is 1.06 bits per heavy atom. The molecule has 35 heavy (non-hydrogen) atoms. The largest absolute Gasteiger partial charge is 0.387 e. The van der Waals surface area contributed by atoms with Crippen LogP contribution in [-0.2, 0) is 0 Å². The van der Waals surface area contributed by atoms with Crippen LogP contribution in [0.25, 0.3) is 0 Å². The van der Waals surface area contributed by atoms with Gasteiger partial charge in [-0.1, -0.05) is 23.2 Å². The summed E-state index contributed by atoms with van der Waals surface area (Å²) in [6, 6.07) is 9.71. The van der Waals surface area contributed by atoms with Crippen molar-refractivity contribution >= 4 is 57.9 Å². The van der Waals surface area contributed by atoms with Gasteiger partial charge in [0.15, 0.2) is 5.82 Å².